The van der Waals surface area contributed by atoms with Crippen LogP contribution in [0, 0.1) is 0 Å². The van der Waals surface area contributed by atoms with Crippen molar-refractivity contribution in [3.8, 4) is 0 Å². The van der Waals surface area contributed by atoms with Gasteiger partial charge >= 0.3 is 0 Å². The second kappa shape index (κ2) is 10.6. The second-order valence-corrected chi connectivity index (χ2v) is 4.06. The van der Waals surface area contributed by atoms with Gasteiger partial charge < -0.3 is 0 Å². The first-order valence-electron chi connectivity index (χ1n) is 5.92. The zero-order valence-corrected chi connectivity index (χ0v) is 11.6. The first-order chi connectivity index (χ1) is 7.86. The molecule has 0 fully saturated rings. The summed E-state index contributed by atoms with van der Waals surface area (Å²) >= 11 is 1.80. The summed E-state index contributed by atoms with van der Waals surface area (Å²) in [6, 6.07) is 10.4. The highest BCUT2D eigenvalue weighted by atomic mass is 32.2. The van der Waals surface area contributed by atoms with Crippen LogP contribution < -0.4 is 0 Å². The minimum absolute atomic E-state index is 1.09. The summed E-state index contributed by atoms with van der Waals surface area (Å²) in [5, 5.41) is 0. The molecule has 16 heavy (non-hydrogen) atoms. The lowest BCUT2D eigenvalue weighted by Crippen LogP contribution is -1.72. The van der Waals surface area contributed by atoms with Gasteiger partial charge in [0, 0.05) is 9.80 Å². The van der Waals surface area contributed by atoms with E-state index in [0.717, 1.165) is 6.42 Å². The average molecular weight is 234 g/mol. The van der Waals surface area contributed by atoms with Crippen LogP contribution in [0.2, 0.25) is 0 Å². The van der Waals surface area contributed by atoms with Gasteiger partial charge in [-0.15, -0.1) is 0 Å². The Kier molecular flexibility index (Phi) is 9.94. The summed E-state index contributed by atoms with van der Waals surface area (Å²) in [7, 11) is 0. The summed E-state index contributed by atoms with van der Waals surface area (Å²) in [6.07, 6.45) is 7.60. The number of hydrogen-bond acceptors (Lipinski definition) is 1. The molecule has 0 spiro atoms. The van der Waals surface area contributed by atoms with Crippen molar-refractivity contribution in [2.24, 2.45) is 0 Å². The van der Waals surface area contributed by atoms with Crippen molar-refractivity contribution in [1.82, 2.24) is 0 Å². The fourth-order valence-corrected chi connectivity index (χ4v) is 1.90. The normalized spacial score (nSPS) is 11.1. The molecular weight excluding hydrogens is 212 g/mol. The lowest BCUT2D eigenvalue weighted by molar-refractivity contribution is 1.22. The number of hydrogen-bond donors (Lipinski definition) is 0. The highest BCUT2D eigenvalue weighted by Gasteiger charge is 1.94. The minimum atomic E-state index is 1.09. The summed E-state index contributed by atoms with van der Waals surface area (Å²) in [6.45, 7) is 8.22. The van der Waals surface area contributed by atoms with Gasteiger partial charge in [-0.1, -0.05) is 69.0 Å². The molecule has 0 nitrogen and oxygen atoms in total. The van der Waals surface area contributed by atoms with Gasteiger partial charge in [-0.3, -0.25) is 0 Å². The molecule has 88 valence electrons. The van der Waals surface area contributed by atoms with E-state index in [1.54, 1.807) is 11.8 Å². The van der Waals surface area contributed by atoms with Crippen LogP contribution in [-0.2, 0) is 0 Å². The molecule has 1 heteroatoms. The Labute approximate surface area is 104 Å². The van der Waals surface area contributed by atoms with Crippen LogP contribution in [0.15, 0.2) is 58.4 Å². The van der Waals surface area contributed by atoms with E-state index in [4.69, 9.17) is 0 Å². The number of benzene rings is 1. The monoisotopic (exact) mass is 234 g/mol. The predicted molar refractivity (Wildman–Crippen MR) is 76.8 cm³/mol. The van der Waals surface area contributed by atoms with Crippen LogP contribution in [0.1, 0.15) is 34.1 Å². The summed E-state index contributed by atoms with van der Waals surface area (Å²) in [5.41, 5.74) is 0. The van der Waals surface area contributed by atoms with Crippen LogP contribution in [0.5, 0.6) is 0 Å². The minimum Gasteiger partial charge on any atom is -0.0905 e. The van der Waals surface area contributed by atoms with Gasteiger partial charge in [-0.05, 0) is 25.5 Å². The highest BCUT2D eigenvalue weighted by Crippen LogP contribution is 2.26. The maximum Gasteiger partial charge on any atom is 0.0122 e. The van der Waals surface area contributed by atoms with Gasteiger partial charge in [0.05, 0.1) is 0 Å². The van der Waals surface area contributed by atoms with E-state index in [9.17, 15) is 0 Å². The Morgan fingerprint density at radius 3 is 2.31 bits per heavy atom. The number of thioether (sulfide) groups is 1. The van der Waals surface area contributed by atoms with E-state index < -0.39 is 0 Å². The molecule has 0 N–H and O–H groups in total. The van der Waals surface area contributed by atoms with E-state index in [0.29, 0.717) is 0 Å². The van der Waals surface area contributed by atoms with Crippen LogP contribution in [-0.4, -0.2) is 0 Å². The molecule has 0 aliphatic rings. The molecule has 0 saturated carbocycles. The fourth-order valence-electron chi connectivity index (χ4n) is 1.05. The molecule has 0 atom stereocenters. The van der Waals surface area contributed by atoms with E-state index in [2.05, 4.69) is 56.3 Å². The Morgan fingerprint density at radius 1 is 1.19 bits per heavy atom. The van der Waals surface area contributed by atoms with Crippen LogP contribution in [0.4, 0.5) is 0 Å². The maximum absolute atomic E-state index is 2.19. The molecule has 0 aliphatic heterocycles. The third-order valence-corrected chi connectivity index (χ3v) is 2.90. The molecule has 1 rings (SSSR count). The molecule has 0 unspecified atom stereocenters. The molecule has 0 heterocycles. The average Bonchev–Trinajstić information content (AvgIpc) is 2.38. The maximum atomic E-state index is 2.19. The smallest absolute Gasteiger partial charge is 0.0122 e. The molecule has 0 radical (unpaired) electrons. The van der Waals surface area contributed by atoms with Crippen molar-refractivity contribution < 1.29 is 0 Å². The lowest BCUT2D eigenvalue weighted by atomic mass is 10.4. The van der Waals surface area contributed by atoms with Crippen molar-refractivity contribution in [1.29, 1.82) is 0 Å². The molecule has 0 aliphatic carbocycles. The van der Waals surface area contributed by atoms with E-state index in [1.165, 1.54) is 9.80 Å². The molecule has 0 amide bonds. The summed E-state index contributed by atoms with van der Waals surface area (Å²) in [4.78, 5) is 2.60. The van der Waals surface area contributed by atoms with Crippen molar-refractivity contribution in [2.45, 2.75) is 39.0 Å². The first-order valence-corrected chi connectivity index (χ1v) is 6.74. The van der Waals surface area contributed by atoms with Gasteiger partial charge in [0.15, 0.2) is 0 Å². The van der Waals surface area contributed by atoms with E-state index in [1.807, 2.05) is 19.9 Å². The summed E-state index contributed by atoms with van der Waals surface area (Å²) in [5.74, 6) is 0. The van der Waals surface area contributed by atoms with Gasteiger partial charge in [-0.25, -0.2) is 0 Å². The lowest BCUT2D eigenvalue weighted by Gasteiger charge is -2.00. The molecule has 1 aromatic rings. The second-order valence-electron chi connectivity index (χ2n) is 2.92. The summed E-state index contributed by atoms with van der Waals surface area (Å²) < 4.78 is 0. The van der Waals surface area contributed by atoms with Crippen LogP contribution in [0.3, 0.4) is 0 Å². The molecule has 0 aromatic heterocycles. The van der Waals surface area contributed by atoms with E-state index in [-0.39, 0.29) is 0 Å². The Balaban J connectivity index is 0.00000106. The Morgan fingerprint density at radius 2 is 1.81 bits per heavy atom. The van der Waals surface area contributed by atoms with Gasteiger partial charge in [0.1, 0.15) is 0 Å². The molecule has 0 saturated heterocycles. The zero-order valence-electron chi connectivity index (χ0n) is 10.7. The highest BCUT2D eigenvalue weighted by molar-refractivity contribution is 8.03. The van der Waals surface area contributed by atoms with Crippen molar-refractivity contribution in [3.63, 3.8) is 0 Å². The standard InChI is InChI=1S/C13H16S.C2H6/c1-3-5-9-12(4-2)14-13-10-7-6-8-11-13;1-2/h4-11H,3H2,1-2H3;1-2H3/b9-5-,12-4+;. The van der Waals surface area contributed by atoms with Crippen LogP contribution in [0.25, 0.3) is 0 Å². The number of rotatable bonds is 4. The van der Waals surface area contributed by atoms with Crippen LogP contribution >= 0.6 is 11.8 Å². The Bertz CT molecular complexity index is 309. The quantitative estimate of drug-likeness (QED) is 0.477. The third-order valence-electron chi connectivity index (χ3n) is 1.78. The largest absolute Gasteiger partial charge is 0.0905 e. The fraction of sp³-hybridized carbons (Fsp3) is 0.333. The van der Waals surface area contributed by atoms with E-state index >= 15 is 0 Å². The topological polar surface area (TPSA) is 0 Å². The molecule has 1 aromatic carbocycles. The van der Waals surface area contributed by atoms with Crippen molar-refractivity contribution in [3.05, 3.63) is 53.5 Å². The van der Waals surface area contributed by atoms with Crippen molar-refractivity contribution >= 4 is 11.8 Å². The number of allylic oxidation sites excluding steroid dienone is 3. The van der Waals surface area contributed by atoms with Gasteiger partial charge in [-0.2, -0.15) is 0 Å². The third kappa shape index (κ3) is 6.52. The molecular formula is C15H22S. The molecule has 0 bridgehead atoms. The predicted octanol–water partition coefficient (Wildman–Crippen LogP) is 5.67. The first kappa shape index (κ1) is 15.0. The van der Waals surface area contributed by atoms with Gasteiger partial charge in [0.25, 0.3) is 0 Å². The van der Waals surface area contributed by atoms with Crippen molar-refractivity contribution in [2.75, 3.05) is 0 Å². The Hall–Kier alpha value is -0.950. The zero-order chi connectivity index (χ0) is 12.2. The van der Waals surface area contributed by atoms with Gasteiger partial charge in [0.2, 0.25) is 0 Å². The SMILES string of the molecule is C/C=C(\C=C/CC)Sc1ccccc1.CC.